The van der Waals surface area contributed by atoms with Crippen LogP contribution in [0.15, 0.2) is 85.2 Å². The van der Waals surface area contributed by atoms with Gasteiger partial charge in [-0.05, 0) is 47.9 Å². The van der Waals surface area contributed by atoms with Crippen LogP contribution in [0.1, 0.15) is 51.7 Å². The molecular weight excluding hydrogens is 586 g/mol. The van der Waals surface area contributed by atoms with Gasteiger partial charge in [0.15, 0.2) is 6.10 Å². The minimum atomic E-state index is -1.57. The van der Waals surface area contributed by atoms with E-state index in [4.69, 9.17) is 4.74 Å². The second-order valence-corrected chi connectivity index (χ2v) is 12.1. The first-order valence-corrected chi connectivity index (χ1v) is 15.5. The van der Waals surface area contributed by atoms with Crippen molar-refractivity contribution in [2.75, 3.05) is 5.32 Å². The van der Waals surface area contributed by atoms with Gasteiger partial charge < -0.3 is 31.1 Å². The van der Waals surface area contributed by atoms with E-state index in [1.165, 1.54) is 6.20 Å². The number of alkyl carbamates (subject to hydrolysis) is 1. The number of carbonyl (C=O) groups is 4. The Kier molecular flexibility index (Phi) is 14.2. The van der Waals surface area contributed by atoms with Crippen LogP contribution in [0.4, 0.5) is 10.5 Å². The highest BCUT2D eigenvalue weighted by Crippen LogP contribution is 2.14. The molecule has 0 aliphatic carbocycles. The van der Waals surface area contributed by atoms with Crippen LogP contribution in [0, 0.1) is 11.8 Å². The summed E-state index contributed by atoms with van der Waals surface area (Å²) in [6.07, 6.45) is 1.41. The molecule has 0 spiro atoms. The van der Waals surface area contributed by atoms with Crippen molar-refractivity contribution in [3.05, 3.63) is 96.3 Å². The number of pyridine rings is 1. The molecular formula is C35H45N5O6. The number of nitrogens with one attached hydrogen (secondary N) is 4. The number of amides is 4. The second kappa shape index (κ2) is 18.3. The number of ether oxygens (including phenoxy) is 1. The highest BCUT2D eigenvalue weighted by molar-refractivity contribution is 5.95. The lowest BCUT2D eigenvalue weighted by Gasteiger charge is -2.29. The topological polar surface area (TPSA) is 159 Å². The molecule has 0 radical (unpaired) electrons. The number of aliphatic hydroxyl groups is 1. The van der Waals surface area contributed by atoms with Crippen molar-refractivity contribution in [3.63, 3.8) is 0 Å². The molecule has 0 aliphatic rings. The first-order valence-electron chi connectivity index (χ1n) is 15.5. The van der Waals surface area contributed by atoms with Gasteiger partial charge in [-0.25, -0.2) is 4.79 Å². The van der Waals surface area contributed by atoms with Gasteiger partial charge in [-0.2, -0.15) is 0 Å². The molecule has 3 rings (SSSR count). The molecule has 1 unspecified atom stereocenters. The van der Waals surface area contributed by atoms with Crippen LogP contribution in [0.5, 0.6) is 0 Å². The summed E-state index contributed by atoms with van der Waals surface area (Å²) >= 11 is 0. The summed E-state index contributed by atoms with van der Waals surface area (Å²) in [5.74, 6) is -1.77. The van der Waals surface area contributed by atoms with Crippen molar-refractivity contribution >= 4 is 29.5 Å². The molecule has 5 N–H and O–H groups in total. The fourth-order valence-corrected chi connectivity index (χ4v) is 4.83. The monoisotopic (exact) mass is 631 g/mol. The second-order valence-electron chi connectivity index (χ2n) is 12.1. The summed E-state index contributed by atoms with van der Waals surface area (Å²) in [6.45, 7) is 7.69. The molecule has 2 aromatic carbocycles. The minimum absolute atomic E-state index is 0.0230. The summed E-state index contributed by atoms with van der Waals surface area (Å²) in [7, 11) is 0. The SMILES string of the molecule is CC(C)C[C@H](NC(=O)OCc1ccccc1)C(=O)N[C@@H](Cc1ccccc1)C(=O)N[C@@H](CC(C)C)C(O)C(=O)Nc1cccnc1. The summed E-state index contributed by atoms with van der Waals surface area (Å²) in [5, 5.41) is 21.9. The lowest BCUT2D eigenvalue weighted by Crippen LogP contribution is -2.58. The number of anilines is 1. The van der Waals surface area contributed by atoms with Crippen LogP contribution in [0.25, 0.3) is 0 Å². The highest BCUT2D eigenvalue weighted by Gasteiger charge is 2.33. The predicted octanol–water partition coefficient (Wildman–Crippen LogP) is 3.98. The molecule has 0 bridgehead atoms. The number of nitrogens with zero attached hydrogens (tertiary/aromatic N) is 1. The molecule has 246 valence electrons. The smallest absolute Gasteiger partial charge is 0.408 e. The summed E-state index contributed by atoms with van der Waals surface area (Å²) < 4.78 is 5.34. The standard InChI is InChI=1S/C35H45N5O6/c1-23(2)18-28(31(41)34(44)37-27-16-11-17-36-21-27)38-33(43)30(20-25-12-7-5-8-13-25)39-32(42)29(19-24(3)4)40-35(45)46-22-26-14-9-6-10-15-26/h5-17,21,23-24,28-31,41H,18-20,22H2,1-4H3,(H,37,44)(H,38,43)(H,39,42)(H,40,45)/t28-,29-,30-,31?/m0/s1. The summed E-state index contributed by atoms with van der Waals surface area (Å²) in [6, 6.07) is 18.6. The van der Waals surface area contributed by atoms with Crippen LogP contribution >= 0.6 is 0 Å². The van der Waals surface area contributed by atoms with Gasteiger partial charge in [-0.1, -0.05) is 88.4 Å². The molecule has 11 nitrogen and oxygen atoms in total. The number of carbonyl (C=O) groups excluding carboxylic acids is 4. The Balaban J connectivity index is 1.76. The molecule has 0 fully saturated rings. The predicted molar refractivity (Wildman–Crippen MR) is 175 cm³/mol. The van der Waals surface area contributed by atoms with Crippen molar-refractivity contribution < 1.29 is 29.0 Å². The Labute approximate surface area is 270 Å². The first kappa shape index (κ1) is 35.7. The molecule has 11 heteroatoms. The molecule has 0 aliphatic heterocycles. The molecule has 4 atom stereocenters. The van der Waals surface area contributed by atoms with Crippen molar-refractivity contribution in [3.8, 4) is 0 Å². The number of rotatable bonds is 16. The van der Waals surface area contributed by atoms with Crippen LogP contribution in [0.2, 0.25) is 0 Å². The number of hydrogen-bond acceptors (Lipinski definition) is 7. The van der Waals surface area contributed by atoms with E-state index in [0.29, 0.717) is 18.5 Å². The third-order valence-corrected chi connectivity index (χ3v) is 7.08. The maximum absolute atomic E-state index is 13.8. The maximum Gasteiger partial charge on any atom is 0.408 e. The van der Waals surface area contributed by atoms with Gasteiger partial charge in [-0.3, -0.25) is 19.4 Å². The lowest BCUT2D eigenvalue weighted by atomic mass is 9.97. The molecule has 4 amide bonds. The van der Waals surface area contributed by atoms with Crippen molar-refractivity contribution in [1.82, 2.24) is 20.9 Å². The summed E-state index contributed by atoms with van der Waals surface area (Å²) in [4.78, 5) is 57.0. The van der Waals surface area contributed by atoms with Gasteiger partial charge in [0.25, 0.3) is 5.91 Å². The Hall–Kier alpha value is -4.77. The van der Waals surface area contributed by atoms with Gasteiger partial charge in [0, 0.05) is 12.6 Å². The highest BCUT2D eigenvalue weighted by atomic mass is 16.5. The third-order valence-electron chi connectivity index (χ3n) is 7.08. The average molecular weight is 632 g/mol. The van der Waals surface area contributed by atoms with E-state index in [0.717, 1.165) is 11.1 Å². The normalized spacial score (nSPS) is 13.6. The van der Waals surface area contributed by atoms with Gasteiger partial charge >= 0.3 is 6.09 Å². The van der Waals surface area contributed by atoms with E-state index >= 15 is 0 Å². The Morgan fingerprint density at radius 1 is 0.717 bits per heavy atom. The zero-order valence-corrected chi connectivity index (χ0v) is 26.8. The number of aliphatic hydroxyl groups excluding tert-OH is 1. The lowest BCUT2D eigenvalue weighted by molar-refractivity contribution is -0.132. The fraction of sp³-hybridized carbons (Fsp3) is 0.400. The van der Waals surface area contributed by atoms with Crippen LogP contribution in [0.3, 0.4) is 0 Å². The Morgan fingerprint density at radius 2 is 1.33 bits per heavy atom. The van der Waals surface area contributed by atoms with Crippen LogP contribution < -0.4 is 21.3 Å². The first-order chi connectivity index (χ1) is 22.0. The Bertz CT molecular complexity index is 1390. The van der Waals surface area contributed by atoms with Gasteiger partial charge in [0.1, 0.15) is 18.7 Å². The van der Waals surface area contributed by atoms with Crippen LogP contribution in [-0.4, -0.2) is 58.1 Å². The summed E-state index contributed by atoms with van der Waals surface area (Å²) in [5.41, 5.74) is 1.99. The molecule has 1 heterocycles. The third kappa shape index (κ3) is 12.3. The van der Waals surface area contributed by atoms with Gasteiger partial charge in [0.05, 0.1) is 17.9 Å². The van der Waals surface area contributed by atoms with E-state index < -0.39 is 48.0 Å². The largest absolute Gasteiger partial charge is 0.445 e. The van der Waals surface area contributed by atoms with E-state index in [1.54, 1.807) is 18.3 Å². The van der Waals surface area contributed by atoms with E-state index in [1.807, 2.05) is 88.4 Å². The molecule has 3 aromatic rings. The zero-order valence-electron chi connectivity index (χ0n) is 26.8. The minimum Gasteiger partial charge on any atom is -0.445 e. The molecule has 0 saturated heterocycles. The van der Waals surface area contributed by atoms with Gasteiger partial charge in [0.2, 0.25) is 11.8 Å². The van der Waals surface area contributed by atoms with Crippen LogP contribution in [-0.2, 0) is 32.1 Å². The molecule has 1 aromatic heterocycles. The van der Waals surface area contributed by atoms with Gasteiger partial charge in [-0.15, -0.1) is 0 Å². The fourth-order valence-electron chi connectivity index (χ4n) is 4.83. The van der Waals surface area contributed by atoms with E-state index in [-0.39, 0.29) is 24.9 Å². The number of benzene rings is 2. The quantitative estimate of drug-likeness (QED) is 0.160. The molecule has 0 saturated carbocycles. The number of hydrogen-bond donors (Lipinski definition) is 5. The maximum atomic E-state index is 13.8. The number of aromatic nitrogens is 1. The van der Waals surface area contributed by atoms with Crippen molar-refractivity contribution in [2.45, 2.75) is 77.8 Å². The molecule has 46 heavy (non-hydrogen) atoms. The van der Waals surface area contributed by atoms with E-state index in [2.05, 4.69) is 26.3 Å². The van der Waals surface area contributed by atoms with E-state index in [9.17, 15) is 24.3 Å². The van der Waals surface area contributed by atoms with Crippen molar-refractivity contribution in [1.29, 1.82) is 0 Å². The van der Waals surface area contributed by atoms with Crippen molar-refractivity contribution in [2.24, 2.45) is 11.8 Å². The average Bonchev–Trinajstić information content (AvgIpc) is 3.03. The zero-order chi connectivity index (χ0) is 33.5. The Morgan fingerprint density at radius 3 is 1.91 bits per heavy atom.